The predicted molar refractivity (Wildman–Crippen MR) is 77.5 cm³/mol. The highest BCUT2D eigenvalue weighted by Crippen LogP contribution is 2.61. The number of carbonyl (C=O) groups is 2. The molecule has 4 rings (SSSR count). The minimum absolute atomic E-state index is 0.00964. The first-order valence-corrected chi connectivity index (χ1v) is 8.77. The third-order valence-corrected chi connectivity index (χ3v) is 7.58. The van der Waals surface area contributed by atoms with Crippen molar-refractivity contribution in [1.29, 1.82) is 0 Å². The topological polar surface area (TPSA) is 34.1 Å². The molecule has 22 heavy (non-hydrogen) atoms. The van der Waals surface area contributed by atoms with Crippen LogP contribution < -0.4 is 0 Å². The summed E-state index contributed by atoms with van der Waals surface area (Å²) in [5, 5.41) is 0. The van der Waals surface area contributed by atoms with E-state index in [4.69, 9.17) is 0 Å². The average Bonchev–Trinajstić information content (AvgIpc) is 2.76. The maximum atomic E-state index is 13.7. The van der Waals surface area contributed by atoms with Crippen molar-refractivity contribution in [2.24, 2.45) is 35.0 Å². The first-order chi connectivity index (χ1) is 10.3. The first-order valence-electron chi connectivity index (χ1n) is 8.77. The Hall–Kier alpha value is -0.800. The molecule has 0 radical (unpaired) electrons. The van der Waals surface area contributed by atoms with E-state index in [0.717, 1.165) is 32.1 Å². The molecule has 0 amide bonds. The van der Waals surface area contributed by atoms with Gasteiger partial charge in [0.15, 0.2) is 0 Å². The van der Waals surface area contributed by atoms with Crippen LogP contribution in [0.2, 0.25) is 0 Å². The van der Waals surface area contributed by atoms with E-state index in [1.54, 1.807) is 0 Å². The zero-order valence-electron chi connectivity index (χ0n) is 13.1. The van der Waals surface area contributed by atoms with Gasteiger partial charge in [-0.25, -0.2) is 0 Å². The van der Waals surface area contributed by atoms with Crippen molar-refractivity contribution in [2.75, 3.05) is 0 Å². The molecule has 0 saturated heterocycles. The van der Waals surface area contributed by atoms with Gasteiger partial charge in [-0.1, -0.05) is 6.92 Å². The van der Waals surface area contributed by atoms with Crippen molar-refractivity contribution in [3.05, 3.63) is 0 Å². The van der Waals surface area contributed by atoms with Gasteiger partial charge in [-0.15, -0.1) is 0 Å². The highest BCUT2D eigenvalue weighted by atomic mass is 19.3. The minimum atomic E-state index is -3.10. The molecule has 0 spiro atoms. The molecule has 4 saturated carbocycles. The molecule has 4 fully saturated rings. The van der Waals surface area contributed by atoms with Crippen LogP contribution in [0.3, 0.4) is 0 Å². The third kappa shape index (κ3) is 1.88. The van der Waals surface area contributed by atoms with Gasteiger partial charge in [-0.3, -0.25) is 9.59 Å². The number of Topliss-reactive ketones (excluding diaryl/α,β-unsaturated/α-hetero) is 2. The van der Waals surface area contributed by atoms with E-state index in [1.807, 2.05) is 0 Å². The molecule has 0 aromatic heterocycles. The van der Waals surface area contributed by atoms with Gasteiger partial charge in [-0.2, -0.15) is 8.78 Å². The van der Waals surface area contributed by atoms with E-state index in [1.165, 1.54) is 0 Å². The maximum absolute atomic E-state index is 13.7. The van der Waals surface area contributed by atoms with Crippen LogP contribution in [0, 0.1) is 35.0 Å². The molecule has 0 aromatic rings. The summed E-state index contributed by atoms with van der Waals surface area (Å²) in [5.74, 6) is -2.08. The Morgan fingerprint density at radius 3 is 2.50 bits per heavy atom. The lowest BCUT2D eigenvalue weighted by Gasteiger charge is -2.54. The molecule has 4 aliphatic carbocycles. The third-order valence-electron chi connectivity index (χ3n) is 7.58. The summed E-state index contributed by atoms with van der Waals surface area (Å²) in [7, 11) is 0. The van der Waals surface area contributed by atoms with Crippen molar-refractivity contribution >= 4 is 11.6 Å². The van der Waals surface area contributed by atoms with Gasteiger partial charge in [-0.05, 0) is 61.7 Å². The standard InChI is InChI=1S/C18H24F2O2/c1-17-7-6-11-12(14(17)4-5-15(17)21)3-2-10-9-18(19,20)16(22)8-13(10)11/h10-14H,2-9H2,1H3/t10?,11-,12+,13-,14-,17-/m0/s1. The van der Waals surface area contributed by atoms with Gasteiger partial charge in [0.1, 0.15) is 5.78 Å². The molecule has 0 N–H and O–H groups in total. The molecular formula is C18H24F2O2. The van der Waals surface area contributed by atoms with Crippen LogP contribution >= 0.6 is 0 Å². The SMILES string of the molecule is C[C@]12CC[C@H]3[C@@H](CCC4CC(F)(F)C(=O)C[C@@H]43)[C@@H]1CCC2=O. The molecule has 2 nitrogen and oxygen atoms in total. The van der Waals surface area contributed by atoms with E-state index in [0.29, 0.717) is 30.0 Å². The van der Waals surface area contributed by atoms with Gasteiger partial charge < -0.3 is 0 Å². The van der Waals surface area contributed by atoms with Gasteiger partial charge in [0, 0.05) is 24.7 Å². The highest BCUT2D eigenvalue weighted by Gasteiger charge is 2.59. The number of ketones is 2. The number of hydrogen-bond acceptors (Lipinski definition) is 2. The lowest BCUT2D eigenvalue weighted by Crippen LogP contribution is -2.52. The van der Waals surface area contributed by atoms with E-state index in [-0.39, 0.29) is 30.1 Å². The first kappa shape index (κ1) is 14.8. The lowest BCUT2D eigenvalue weighted by atomic mass is 9.50. The summed E-state index contributed by atoms with van der Waals surface area (Å²) in [6.07, 6.45) is 5.12. The second-order valence-corrected chi connectivity index (χ2v) is 8.39. The number of alkyl halides is 2. The fourth-order valence-electron chi connectivity index (χ4n) is 6.38. The normalized spacial score (nSPS) is 50.2. The summed E-state index contributed by atoms with van der Waals surface area (Å²) in [5.41, 5.74) is -0.170. The van der Waals surface area contributed by atoms with Gasteiger partial charge in [0.05, 0.1) is 0 Å². The molecule has 0 bridgehead atoms. The zero-order valence-corrected chi connectivity index (χ0v) is 13.1. The molecular weight excluding hydrogens is 286 g/mol. The fourth-order valence-corrected chi connectivity index (χ4v) is 6.38. The second-order valence-electron chi connectivity index (χ2n) is 8.39. The summed E-state index contributed by atoms with van der Waals surface area (Å²) < 4.78 is 27.5. The molecule has 122 valence electrons. The van der Waals surface area contributed by atoms with Crippen molar-refractivity contribution in [2.45, 2.75) is 64.2 Å². The number of fused-ring (bicyclic) bond motifs is 5. The largest absolute Gasteiger partial charge is 0.305 e. The predicted octanol–water partition coefficient (Wildman–Crippen LogP) is 4.02. The summed E-state index contributed by atoms with van der Waals surface area (Å²) >= 11 is 0. The van der Waals surface area contributed by atoms with E-state index >= 15 is 0 Å². The van der Waals surface area contributed by atoms with Crippen LogP contribution in [-0.2, 0) is 9.59 Å². The molecule has 4 heteroatoms. The monoisotopic (exact) mass is 310 g/mol. The van der Waals surface area contributed by atoms with Crippen molar-refractivity contribution in [3.8, 4) is 0 Å². The Kier molecular flexibility index (Phi) is 3.09. The molecule has 6 atom stereocenters. The van der Waals surface area contributed by atoms with Crippen molar-refractivity contribution < 1.29 is 18.4 Å². The summed E-state index contributed by atoms with van der Waals surface area (Å²) in [6, 6.07) is 0. The molecule has 0 heterocycles. The summed E-state index contributed by atoms with van der Waals surface area (Å²) in [4.78, 5) is 24.1. The van der Waals surface area contributed by atoms with Gasteiger partial charge in [0.2, 0.25) is 5.78 Å². The zero-order chi connectivity index (χ0) is 15.7. The Bertz CT molecular complexity index is 529. The van der Waals surface area contributed by atoms with Crippen LogP contribution in [0.5, 0.6) is 0 Å². The van der Waals surface area contributed by atoms with Gasteiger partial charge in [0.25, 0.3) is 0 Å². The summed E-state index contributed by atoms with van der Waals surface area (Å²) in [6.45, 7) is 2.12. The maximum Gasteiger partial charge on any atom is 0.305 e. The smallest absolute Gasteiger partial charge is 0.299 e. The Balaban J connectivity index is 1.60. The minimum Gasteiger partial charge on any atom is -0.299 e. The van der Waals surface area contributed by atoms with Crippen LogP contribution in [0.15, 0.2) is 0 Å². The number of carbonyl (C=O) groups excluding carboxylic acids is 2. The Morgan fingerprint density at radius 2 is 1.73 bits per heavy atom. The lowest BCUT2D eigenvalue weighted by molar-refractivity contribution is -0.163. The van der Waals surface area contributed by atoms with Crippen molar-refractivity contribution in [3.63, 3.8) is 0 Å². The van der Waals surface area contributed by atoms with Crippen LogP contribution in [0.1, 0.15) is 58.3 Å². The number of rotatable bonds is 0. The van der Waals surface area contributed by atoms with E-state index in [2.05, 4.69) is 6.92 Å². The van der Waals surface area contributed by atoms with Gasteiger partial charge >= 0.3 is 5.92 Å². The fraction of sp³-hybridized carbons (Fsp3) is 0.889. The quantitative estimate of drug-likeness (QED) is 0.677. The van der Waals surface area contributed by atoms with Crippen LogP contribution in [0.4, 0.5) is 8.78 Å². The van der Waals surface area contributed by atoms with Crippen molar-refractivity contribution in [1.82, 2.24) is 0 Å². The molecule has 0 aliphatic heterocycles. The molecule has 4 aliphatic rings. The number of hydrogen-bond donors (Lipinski definition) is 0. The Morgan fingerprint density at radius 1 is 0.955 bits per heavy atom. The number of halogens is 2. The van der Waals surface area contributed by atoms with E-state index in [9.17, 15) is 18.4 Å². The molecule has 0 aromatic carbocycles. The van der Waals surface area contributed by atoms with Crippen LogP contribution in [0.25, 0.3) is 0 Å². The average molecular weight is 310 g/mol. The van der Waals surface area contributed by atoms with Crippen LogP contribution in [-0.4, -0.2) is 17.5 Å². The molecule has 1 unspecified atom stereocenters. The second kappa shape index (κ2) is 4.61. The van der Waals surface area contributed by atoms with E-state index < -0.39 is 11.7 Å². The Labute approximate surface area is 130 Å². The highest BCUT2D eigenvalue weighted by molar-refractivity contribution is 5.87.